The molecule has 0 radical (unpaired) electrons. The van der Waals surface area contributed by atoms with E-state index in [1.807, 2.05) is 4.57 Å². The van der Waals surface area contributed by atoms with Crippen molar-refractivity contribution < 1.29 is 22.5 Å². The number of fused-ring (bicyclic) bond motifs is 1. The monoisotopic (exact) mass is 606 g/mol. The molecule has 1 unspecified atom stereocenters. The van der Waals surface area contributed by atoms with Crippen molar-refractivity contribution in [3.63, 3.8) is 0 Å². The molecule has 0 saturated heterocycles. The molecule has 0 spiro atoms. The minimum absolute atomic E-state index is 0.00391. The Morgan fingerprint density at radius 3 is 2.58 bits per heavy atom. The normalized spacial score (nSPS) is 13.4. The summed E-state index contributed by atoms with van der Waals surface area (Å²) in [5.41, 5.74) is 1.62. The first-order valence-electron chi connectivity index (χ1n) is 12.7. The van der Waals surface area contributed by atoms with Gasteiger partial charge in [0, 0.05) is 62.7 Å². The van der Waals surface area contributed by atoms with Crippen LogP contribution in [0.3, 0.4) is 0 Å². The predicted octanol–water partition coefficient (Wildman–Crippen LogP) is 5.88. The van der Waals surface area contributed by atoms with Gasteiger partial charge in [0.1, 0.15) is 21.2 Å². The Morgan fingerprint density at radius 2 is 1.90 bits per heavy atom. The highest BCUT2D eigenvalue weighted by Crippen LogP contribution is 2.38. The summed E-state index contributed by atoms with van der Waals surface area (Å²) in [5, 5.41) is 0.437. The van der Waals surface area contributed by atoms with Crippen LogP contribution in [-0.4, -0.2) is 38.8 Å². The van der Waals surface area contributed by atoms with Crippen molar-refractivity contribution in [3.8, 4) is 22.8 Å². The number of halogens is 2. The molecule has 1 aromatic carbocycles. The molecule has 0 aliphatic heterocycles. The Kier molecular flexibility index (Phi) is 8.78. The quantitative estimate of drug-likeness (QED) is 0.170. The Morgan fingerprint density at radius 1 is 1.15 bits per heavy atom. The first kappa shape index (κ1) is 29.8. The van der Waals surface area contributed by atoms with Crippen LogP contribution in [0.5, 0.6) is 11.6 Å². The van der Waals surface area contributed by atoms with Crippen molar-refractivity contribution in [2.45, 2.75) is 39.3 Å². The second-order valence-electron chi connectivity index (χ2n) is 10.6. The molecule has 1 atom stereocenters. The van der Waals surface area contributed by atoms with Crippen molar-refractivity contribution in [3.05, 3.63) is 70.9 Å². The third kappa shape index (κ3) is 6.95. The van der Waals surface area contributed by atoms with Crippen LogP contribution in [0.4, 0.5) is 14.5 Å². The first-order chi connectivity index (χ1) is 18.8. The number of aromatic nitrogens is 3. The number of benzene rings is 1. The summed E-state index contributed by atoms with van der Waals surface area (Å²) in [6.45, 7) is 9.29. The van der Waals surface area contributed by atoms with E-state index in [9.17, 15) is 17.8 Å². The lowest BCUT2D eigenvalue weighted by Crippen LogP contribution is -2.22. The molecule has 214 valence electrons. The smallest absolute Gasteiger partial charge is 0.259 e. The molecule has 3 heterocycles. The molecule has 0 aliphatic carbocycles. The summed E-state index contributed by atoms with van der Waals surface area (Å²) >= 11 is 5.17. The van der Waals surface area contributed by atoms with Crippen LogP contribution in [0.15, 0.2) is 53.7 Å². The van der Waals surface area contributed by atoms with Gasteiger partial charge >= 0.3 is 0 Å². The number of hydrogen-bond acceptors (Lipinski definition) is 6. The Bertz CT molecular complexity index is 1720. The zero-order valence-corrected chi connectivity index (χ0v) is 25.6. The number of pyridine rings is 2. The Balaban J connectivity index is 1.87. The highest BCUT2D eigenvalue weighted by Gasteiger charge is 2.21. The zero-order valence-electron chi connectivity index (χ0n) is 23.0. The highest BCUT2D eigenvalue weighted by molar-refractivity contribution is 8.33. The SMILES string of the molecule is CCS(=O)(=S)Nc1cnc(Oc2ccc(F)cc2F)c(-c2cn(C)c(=O)c3ccn(COCC[Si](C)(C)C)c23)c1. The van der Waals surface area contributed by atoms with Gasteiger partial charge in [-0.25, -0.2) is 18.0 Å². The minimum Gasteiger partial charge on any atom is -0.435 e. The van der Waals surface area contributed by atoms with Crippen LogP contribution in [-0.2, 0) is 38.4 Å². The van der Waals surface area contributed by atoms with Crippen molar-refractivity contribution >= 4 is 44.5 Å². The fourth-order valence-corrected chi connectivity index (χ4v) is 5.65. The number of rotatable bonds is 11. The Hall–Kier alpha value is -3.13. The summed E-state index contributed by atoms with van der Waals surface area (Å²) in [5.74, 6) is -1.68. The molecule has 0 saturated carbocycles. The van der Waals surface area contributed by atoms with Crippen LogP contribution >= 0.6 is 0 Å². The lowest BCUT2D eigenvalue weighted by Gasteiger charge is -2.18. The molecule has 0 bridgehead atoms. The largest absolute Gasteiger partial charge is 0.435 e. The number of nitrogens with one attached hydrogen (secondary N) is 1. The maximum atomic E-state index is 14.5. The van der Waals surface area contributed by atoms with Gasteiger partial charge < -0.3 is 23.3 Å². The van der Waals surface area contributed by atoms with Gasteiger partial charge in [0.2, 0.25) is 5.88 Å². The second kappa shape index (κ2) is 11.8. The lowest BCUT2D eigenvalue weighted by atomic mass is 10.1. The van der Waals surface area contributed by atoms with Crippen LogP contribution in [0.1, 0.15) is 6.92 Å². The molecule has 3 aromatic heterocycles. The average molecular weight is 607 g/mol. The highest BCUT2D eigenvalue weighted by atomic mass is 32.8. The van der Waals surface area contributed by atoms with E-state index < -0.39 is 28.4 Å². The van der Waals surface area contributed by atoms with Crippen LogP contribution in [0.25, 0.3) is 22.0 Å². The predicted molar refractivity (Wildman–Crippen MR) is 161 cm³/mol. The van der Waals surface area contributed by atoms with Gasteiger partial charge in [0.25, 0.3) is 5.56 Å². The minimum atomic E-state index is -2.81. The maximum Gasteiger partial charge on any atom is 0.259 e. The first-order valence-corrected chi connectivity index (χ1v) is 19.0. The fraction of sp³-hybridized carbons (Fsp3) is 0.333. The van der Waals surface area contributed by atoms with Crippen LogP contribution < -0.4 is 15.0 Å². The Labute approximate surface area is 237 Å². The molecule has 0 aliphatic rings. The number of nitrogens with zero attached hydrogens (tertiary/aromatic N) is 3. The molecule has 8 nitrogen and oxygen atoms in total. The average Bonchev–Trinajstić information content (AvgIpc) is 3.30. The fourth-order valence-electron chi connectivity index (χ4n) is 3.99. The molecular formula is C27H32F2N4O4S2Si. The van der Waals surface area contributed by atoms with Crippen LogP contribution in [0.2, 0.25) is 25.7 Å². The molecule has 1 N–H and O–H groups in total. The third-order valence-corrected chi connectivity index (χ3v) is 10.2. The summed E-state index contributed by atoms with van der Waals surface area (Å²) in [6.07, 6.45) is 4.77. The molecule has 0 fully saturated rings. The molecule has 4 rings (SSSR count). The molecule has 4 aromatic rings. The molecule has 0 amide bonds. The van der Waals surface area contributed by atoms with Crippen molar-refractivity contribution in [1.82, 2.24) is 14.1 Å². The standard InChI is InChI=1S/C27H32F2N4O4S2Si/c1-6-39(35,38)31-19-14-21(26(30-15-19)37-24-8-7-18(28)13-23(24)29)22-16-32(2)27(34)20-9-10-33(25(20)22)17-36-11-12-40(3,4)5/h7-10,13-16,31H,6,11-12,17H2,1-5H3. The summed E-state index contributed by atoms with van der Waals surface area (Å²) in [6, 6.07) is 7.29. The van der Waals surface area contributed by atoms with E-state index in [4.69, 9.17) is 20.7 Å². The molecular weight excluding hydrogens is 575 g/mol. The third-order valence-electron chi connectivity index (χ3n) is 6.21. The van der Waals surface area contributed by atoms with Gasteiger partial charge in [0.05, 0.1) is 28.4 Å². The number of anilines is 1. The van der Waals surface area contributed by atoms with E-state index in [0.29, 0.717) is 40.4 Å². The molecule has 13 heteroatoms. The lowest BCUT2D eigenvalue weighted by molar-refractivity contribution is 0.0903. The topological polar surface area (TPSA) is 87.4 Å². The zero-order chi connectivity index (χ0) is 29.2. The van der Waals surface area contributed by atoms with E-state index in [1.54, 1.807) is 38.5 Å². The van der Waals surface area contributed by atoms with Gasteiger partial charge in [-0.15, -0.1) is 0 Å². The number of aryl methyl sites for hydroxylation is 1. The van der Waals surface area contributed by atoms with Crippen molar-refractivity contribution in [1.29, 1.82) is 0 Å². The van der Waals surface area contributed by atoms with Gasteiger partial charge in [-0.1, -0.05) is 26.6 Å². The van der Waals surface area contributed by atoms with Gasteiger partial charge in [-0.3, -0.25) is 4.79 Å². The van der Waals surface area contributed by atoms with E-state index in [-0.39, 0.29) is 29.7 Å². The molecule has 40 heavy (non-hydrogen) atoms. The summed E-state index contributed by atoms with van der Waals surface area (Å²) in [7, 11) is -2.49. The summed E-state index contributed by atoms with van der Waals surface area (Å²) in [4.78, 5) is 17.4. The van der Waals surface area contributed by atoms with Gasteiger partial charge in [-0.2, -0.15) is 0 Å². The van der Waals surface area contributed by atoms with Gasteiger partial charge in [-0.05, 0) is 30.3 Å². The van der Waals surface area contributed by atoms with Crippen LogP contribution in [0, 0.1) is 11.6 Å². The van der Waals surface area contributed by atoms with Gasteiger partial charge in [0.15, 0.2) is 11.6 Å². The van der Waals surface area contributed by atoms with E-state index >= 15 is 0 Å². The second-order valence-corrected chi connectivity index (χ2v) is 19.9. The van der Waals surface area contributed by atoms with E-state index in [2.05, 4.69) is 29.3 Å². The van der Waals surface area contributed by atoms with Crippen molar-refractivity contribution in [2.24, 2.45) is 7.05 Å². The number of hydrogen-bond donors (Lipinski definition) is 1. The van der Waals surface area contributed by atoms with E-state index in [0.717, 1.165) is 12.1 Å². The maximum absolute atomic E-state index is 14.5. The van der Waals surface area contributed by atoms with E-state index in [1.165, 1.54) is 16.8 Å². The summed E-state index contributed by atoms with van der Waals surface area (Å²) < 4.78 is 58.6. The number of ether oxygens (including phenoxy) is 2. The van der Waals surface area contributed by atoms with Crippen molar-refractivity contribution in [2.75, 3.05) is 17.1 Å².